The van der Waals surface area contributed by atoms with Crippen molar-refractivity contribution in [2.75, 3.05) is 0 Å². The molecule has 0 unspecified atom stereocenters. The van der Waals surface area contributed by atoms with Crippen LogP contribution < -0.4 is 5.32 Å². The first-order valence-electron chi connectivity index (χ1n) is 8.11. The van der Waals surface area contributed by atoms with Crippen LogP contribution in [0.1, 0.15) is 23.4 Å². The van der Waals surface area contributed by atoms with Crippen molar-refractivity contribution >= 4 is 5.91 Å². The number of rotatable bonds is 6. The number of hydrogen-bond acceptors (Lipinski definition) is 4. The van der Waals surface area contributed by atoms with Crippen LogP contribution in [0.25, 0.3) is 11.4 Å². The number of nitrogens with one attached hydrogen (secondary N) is 1. The molecule has 0 radical (unpaired) electrons. The molecule has 1 aromatic heterocycles. The summed E-state index contributed by atoms with van der Waals surface area (Å²) in [5, 5.41) is 6.55. The minimum absolute atomic E-state index is 0.166. The van der Waals surface area contributed by atoms with E-state index in [4.69, 9.17) is 4.52 Å². The minimum atomic E-state index is -0.345. The molecule has 0 bridgehead atoms. The van der Waals surface area contributed by atoms with Crippen molar-refractivity contribution in [2.24, 2.45) is 0 Å². The summed E-state index contributed by atoms with van der Waals surface area (Å²) in [5.74, 6) is -0.178. The summed E-state index contributed by atoms with van der Waals surface area (Å²) in [7, 11) is 0. The zero-order chi connectivity index (χ0) is 18.5. The first kappa shape index (κ1) is 17.7. The van der Waals surface area contributed by atoms with Gasteiger partial charge >= 0.3 is 0 Å². The third-order valence-corrected chi connectivity index (χ3v) is 3.86. The number of aryl methyl sites for hydroxylation is 2. The van der Waals surface area contributed by atoms with Crippen LogP contribution >= 0.6 is 0 Å². The highest BCUT2D eigenvalue weighted by Gasteiger charge is 2.11. The van der Waals surface area contributed by atoms with Crippen LogP contribution in [0.2, 0.25) is 0 Å². The predicted molar refractivity (Wildman–Crippen MR) is 91.0 cm³/mol. The normalized spacial score (nSPS) is 10.7. The lowest BCUT2D eigenvalue weighted by molar-refractivity contribution is -0.121. The number of halogens is 2. The molecule has 3 rings (SSSR count). The largest absolute Gasteiger partial charge is 0.352 e. The van der Waals surface area contributed by atoms with Crippen molar-refractivity contribution in [3.05, 3.63) is 71.1 Å². The Morgan fingerprint density at radius 3 is 2.65 bits per heavy atom. The summed E-state index contributed by atoms with van der Waals surface area (Å²) in [5.41, 5.74) is 1.89. The average molecular weight is 357 g/mol. The molecule has 0 aliphatic carbocycles. The molecule has 134 valence electrons. The fourth-order valence-corrected chi connectivity index (χ4v) is 2.33. The van der Waals surface area contributed by atoms with E-state index in [1.54, 1.807) is 31.2 Å². The quantitative estimate of drug-likeness (QED) is 0.732. The summed E-state index contributed by atoms with van der Waals surface area (Å²) in [6, 6.07) is 10.6. The molecule has 0 aliphatic heterocycles. The van der Waals surface area contributed by atoms with E-state index in [0.717, 1.165) is 0 Å². The van der Waals surface area contributed by atoms with Gasteiger partial charge in [-0.1, -0.05) is 17.3 Å². The van der Waals surface area contributed by atoms with Gasteiger partial charge in [-0.3, -0.25) is 4.79 Å². The maximum Gasteiger partial charge on any atom is 0.227 e. The smallest absolute Gasteiger partial charge is 0.227 e. The molecule has 7 heteroatoms. The molecular weight excluding hydrogens is 340 g/mol. The van der Waals surface area contributed by atoms with E-state index in [1.807, 2.05) is 0 Å². The second kappa shape index (κ2) is 7.86. The van der Waals surface area contributed by atoms with Crippen LogP contribution in [0, 0.1) is 18.6 Å². The number of carbonyl (C=O) groups is 1. The summed E-state index contributed by atoms with van der Waals surface area (Å²) < 4.78 is 31.5. The number of benzene rings is 2. The van der Waals surface area contributed by atoms with Gasteiger partial charge in [0.15, 0.2) is 0 Å². The first-order chi connectivity index (χ1) is 12.5. The van der Waals surface area contributed by atoms with E-state index in [9.17, 15) is 13.6 Å². The van der Waals surface area contributed by atoms with Crippen LogP contribution in [0.3, 0.4) is 0 Å². The molecule has 5 nitrogen and oxygen atoms in total. The monoisotopic (exact) mass is 357 g/mol. The second-order valence-electron chi connectivity index (χ2n) is 5.88. The van der Waals surface area contributed by atoms with E-state index >= 15 is 0 Å². The summed E-state index contributed by atoms with van der Waals surface area (Å²) in [6.07, 6.45) is 0.446. The van der Waals surface area contributed by atoms with Crippen LogP contribution in [-0.4, -0.2) is 16.0 Å². The zero-order valence-electron chi connectivity index (χ0n) is 14.1. The molecule has 0 atom stereocenters. The molecular formula is C19H17F2N3O2. The van der Waals surface area contributed by atoms with Crippen LogP contribution in [0.5, 0.6) is 0 Å². The van der Waals surface area contributed by atoms with Gasteiger partial charge < -0.3 is 9.84 Å². The number of aromatic nitrogens is 2. The number of nitrogens with zero attached hydrogens (tertiary/aromatic N) is 2. The minimum Gasteiger partial charge on any atom is -0.352 e. The Hall–Kier alpha value is -3.09. The summed E-state index contributed by atoms with van der Waals surface area (Å²) in [4.78, 5) is 16.1. The van der Waals surface area contributed by atoms with Crippen molar-refractivity contribution in [2.45, 2.75) is 26.3 Å². The number of carbonyl (C=O) groups excluding carboxylic acids is 1. The van der Waals surface area contributed by atoms with Crippen LogP contribution in [-0.2, 0) is 17.8 Å². The lowest BCUT2D eigenvalue weighted by Crippen LogP contribution is -2.23. The lowest BCUT2D eigenvalue weighted by Gasteiger charge is -2.05. The predicted octanol–water partition coefficient (Wildman–Crippen LogP) is 3.57. The molecule has 0 spiro atoms. The Labute approximate surface area is 149 Å². The van der Waals surface area contributed by atoms with E-state index in [0.29, 0.717) is 28.4 Å². The fourth-order valence-electron chi connectivity index (χ4n) is 2.33. The highest BCUT2D eigenvalue weighted by atomic mass is 19.1. The lowest BCUT2D eigenvalue weighted by atomic mass is 10.1. The second-order valence-corrected chi connectivity index (χ2v) is 5.88. The third kappa shape index (κ3) is 4.50. The van der Waals surface area contributed by atoms with Crippen LogP contribution in [0.15, 0.2) is 47.0 Å². The molecule has 0 saturated heterocycles. The van der Waals surface area contributed by atoms with Gasteiger partial charge in [0.1, 0.15) is 11.6 Å². The van der Waals surface area contributed by atoms with Crippen molar-refractivity contribution in [1.82, 2.24) is 15.5 Å². The standard InChI is InChI=1S/C19H17F2N3O2/c1-12-2-3-13(10-16(12)21)11-22-17(25)8-9-18-23-19(24-26-18)14-4-6-15(20)7-5-14/h2-7,10H,8-9,11H2,1H3,(H,22,25). The van der Waals surface area contributed by atoms with Gasteiger partial charge in [0, 0.05) is 24.9 Å². The number of hydrogen-bond donors (Lipinski definition) is 1. The Balaban J connectivity index is 1.50. The topological polar surface area (TPSA) is 68.0 Å². The van der Waals surface area contributed by atoms with Crippen molar-refractivity contribution in [3.63, 3.8) is 0 Å². The third-order valence-electron chi connectivity index (χ3n) is 3.86. The van der Waals surface area contributed by atoms with Crippen molar-refractivity contribution < 1.29 is 18.1 Å². The highest BCUT2D eigenvalue weighted by molar-refractivity contribution is 5.76. The fraction of sp³-hybridized carbons (Fsp3) is 0.211. The molecule has 0 aliphatic rings. The van der Waals surface area contributed by atoms with Gasteiger partial charge in [-0.2, -0.15) is 4.98 Å². The average Bonchev–Trinajstić information content (AvgIpc) is 3.10. The molecule has 1 amide bonds. The Morgan fingerprint density at radius 1 is 1.15 bits per heavy atom. The SMILES string of the molecule is Cc1ccc(CNC(=O)CCc2nc(-c3ccc(F)cc3)no2)cc1F. The van der Waals surface area contributed by atoms with E-state index < -0.39 is 0 Å². The zero-order valence-corrected chi connectivity index (χ0v) is 14.1. The molecule has 1 N–H and O–H groups in total. The Morgan fingerprint density at radius 2 is 1.92 bits per heavy atom. The van der Waals surface area contributed by atoms with E-state index in [-0.39, 0.29) is 36.9 Å². The summed E-state index contributed by atoms with van der Waals surface area (Å²) in [6.45, 7) is 1.93. The molecule has 2 aromatic carbocycles. The summed E-state index contributed by atoms with van der Waals surface area (Å²) >= 11 is 0. The maximum atomic E-state index is 13.5. The van der Waals surface area contributed by atoms with Gasteiger partial charge in [-0.15, -0.1) is 0 Å². The van der Waals surface area contributed by atoms with Crippen molar-refractivity contribution in [3.8, 4) is 11.4 Å². The molecule has 3 aromatic rings. The van der Waals surface area contributed by atoms with Gasteiger partial charge in [0.05, 0.1) is 0 Å². The van der Waals surface area contributed by atoms with Gasteiger partial charge in [0.2, 0.25) is 17.6 Å². The first-order valence-corrected chi connectivity index (χ1v) is 8.11. The Bertz CT molecular complexity index is 907. The number of amides is 1. The molecule has 0 saturated carbocycles. The molecule has 26 heavy (non-hydrogen) atoms. The van der Waals surface area contributed by atoms with Crippen molar-refractivity contribution in [1.29, 1.82) is 0 Å². The molecule has 0 fully saturated rings. The van der Waals surface area contributed by atoms with E-state index in [2.05, 4.69) is 15.5 Å². The Kier molecular flexibility index (Phi) is 5.36. The van der Waals surface area contributed by atoms with Gasteiger partial charge in [-0.05, 0) is 48.4 Å². The van der Waals surface area contributed by atoms with Gasteiger partial charge in [0.25, 0.3) is 0 Å². The van der Waals surface area contributed by atoms with Crippen LogP contribution in [0.4, 0.5) is 8.78 Å². The highest BCUT2D eigenvalue weighted by Crippen LogP contribution is 2.16. The molecule has 1 heterocycles. The van der Waals surface area contributed by atoms with Gasteiger partial charge in [-0.25, -0.2) is 8.78 Å². The van der Waals surface area contributed by atoms with E-state index in [1.165, 1.54) is 18.2 Å². The maximum absolute atomic E-state index is 13.5.